The Bertz CT molecular complexity index is 1320. The Hall–Kier alpha value is -3.19. The van der Waals surface area contributed by atoms with Gasteiger partial charge in [-0.1, -0.05) is 28.1 Å². The zero-order valence-corrected chi connectivity index (χ0v) is 14.9. The molecule has 0 saturated carbocycles. The second-order valence-electron chi connectivity index (χ2n) is 5.82. The number of aromatic amines is 1. The predicted molar refractivity (Wildman–Crippen MR) is 102 cm³/mol. The van der Waals surface area contributed by atoms with Gasteiger partial charge in [0.1, 0.15) is 16.9 Å². The highest BCUT2D eigenvalue weighted by Crippen LogP contribution is 2.30. The SMILES string of the molecule is O=c1[nH]c(-c2ccccc2-n2ccnc2)nc2c1oc1ccc(Br)cc12. The molecule has 5 aromatic rings. The molecule has 0 unspecified atom stereocenters. The van der Waals surface area contributed by atoms with Gasteiger partial charge in [0.05, 0.1) is 12.0 Å². The fourth-order valence-corrected chi connectivity index (χ4v) is 3.42. The lowest BCUT2D eigenvalue weighted by atomic mass is 10.1. The number of rotatable bonds is 2. The summed E-state index contributed by atoms with van der Waals surface area (Å²) in [7, 11) is 0. The molecule has 0 aliphatic rings. The van der Waals surface area contributed by atoms with E-state index < -0.39 is 0 Å². The summed E-state index contributed by atoms with van der Waals surface area (Å²) in [6.07, 6.45) is 5.26. The lowest BCUT2D eigenvalue weighted by Crippen LogP contribution is -2.09. The van der Waals surface area contributed by atoms with E-state index in [0.717, 1.165) is 21.1 Å². The quantitative estimate of drug-likeness (QED) is 0.474. The predicted octanol–water partition coefficient (Wildman–Crippen LogP) is 4.28. The Morgan fingerprint density at radius 3 is 2.88 bits per heavy atom. The summed E-state index contributed by atoms with van der Waals surface area (Å²) < 4.78 is 8.47. The molecule has 3 aromatic heterocycles. The Morgan fingerprint density at radius 1 is 1.15 bits per heavy atom. The van der Waals surface area contributed by atoms with E-state index in [4.69, 9.17) is 9.40 Å². The van der Waals surface area contributed by atoms with Crippen molar-refractivity contribution in [2.75, 3.05) is 0 Å². The maximum absolute atomic E-state index is 12.6. The van der Waals surface area contributed by atoms with Gasteiger partial charge in [-0.2, -0.15) is 0 Å². The summed E-state index contributed by atoms with van der Waals surface area (Å²) >= 11 is 3.46. The molecule has 126 valence electrons. The highest BCUT2D eigenvalue weighted by atomic mass is 79.9. The van der Waals surface area contributed by atoms with Gasteiger partial charge in [-0.25, -0.2) is 9.97 Å². The Labute approximate surface area is 155 Å². The van der Waals surface area contributed by atoms with Gasteiger partial charge >= 0.3 is 0 Å². The number of nitrogens with zero attached hydrogens (tertiary/aromatic N) is 3. The fraction of sp³-hybridized carbons (Fsp3) is 0. The van der Waals surface area contributed by atoms with Crippen molar-refractivity contribution in [3.63, 3.8) is 0 Å². The van der Waals surface area contributed by atoms with Crippen LogP contribution in [0.2, 0.25) is 0 Å². The largest absolute Gasteiger partial charge is 0.449 e. The van der Waals surface area contributed by atoms with Crippen molar-refractivity contribution in [3.8, 4) is 17.1 Å². The maximum Gasteiger partial charge on any atom is 0.294 e. The Balaban J connectivity index is 1.83. The van der Waals surface area contributed by atoms with E-state index in [-0.39, 0.29) is 11.1 Å². The van der Waals surface area contributed by atoms with Crippen LogP contribution < -0.4 is 5.56 Å². The van der Waals surface area contributed by atoms with Gasteiger partial charge in [-0.05, 0) is 30.3 Å². The van der Waals surface area contributed by atoms with Crippen molar-refractivity contribution in [3.05, 3.63) is 76.0 Å². The topological polar surface area (TPSA) is 76.7 Å². The number of benzene rings is 2. The van der Waals surface area contributed by atoms with Crippen molar-refractivity contribution in [2.45, 2.75) is 0 Å². The highest BCUT2D eigenvalue weighted by molar-refractivity contribution is 9.10. The molecule has 5 rings (SSSR count). The number of nitrogens with one attached hydrogen (secondary N) is 1. The van der Waals surface area contributed by atoms with E-state index in [1.165, 1.54) is 0 Å². The van der Waals surface area contributed by atoms with Crippen molar-refractivity contribution < 1.29 is 4.42 Å². The van der Waals surface area contributed by atoms with E-state index in [2.05, 4.69) is 25.9 Å². The van der Waals surface area contributed by atoms with E-state index >= 15 is 0 Å². The van der Waals surface area contributed by atoms with Crippen molar-refractivity contribution in [2.24, 2.45) is 0 Å². The van der Waals surface area contributed by atoms with E-state index in [0.29, 0.717) is 16.9 Å². The van der Waals surface area contributed by atoms with Crippen LogP contribution in [0.5, 0.6) is 0 Å². The molecule has 0 spiro atoms. The van der Waals surface area contributed by atoms with Gasteiger partial charge in [-0.15, -0.1) is 0 Å². The number of hydrogen-bond donors (Lipinski definition) is 1. The summed E-state index contributed by atoms with van der Waals surface area (Å²) in [4.78, 5) is 24.2. The lowest BCUT2D eigenvalue weighted by Gasteiger charge is -2.09. The smallest absolute Gasteiger partial charge is 0.294 e. The average molecular weight is 407 g/mol. The third-order valence-corrected chi connectivity index (χ3v) is 4.72. The van der Waals surface area contributed by atoms with Crippen molar-refractivity contribution in [1.82, 2.24) is 19.5 Å². The van der Waals surface area contributed by atoms with Gasteiger partial charge in [0.2, 0.25) is 5.58 Å². The van der Waals surface area contributed by atoms with Crippen LogP contribution in [-0.4, -0.2) is 19.5 Å². The molecule has 0 saturated heterocycles. The van der Waals surface area contributed by atoms with Gasteiger partial charge in [0.15, 0.2) is 0 Å². The summed E-state index contributed by atoms with van der Waals surface area (Å²) in [6, 6.07) is 13.3. The highest BCUT2D eigenvalue weighted by Gasteiger charge is 2.16. The summed E-state index contributed by atoms with van der Waals surface area (Å²) in [5.74, 6) is 0.481. The zero-order valence-electron chi connectivity index (χ0n) is 13.3. The normalized spacial score (nSPS) is 11.4. The third-order valence-electron chi connectivity index (χ3n) is 4.23. The minimum atomic E-state index is -0.308. The molecule has 0 aliphatic heterocycles. The van der Waals surface area contributed by atoms with Crippen LogP contribution in [0, 0.1) is 0 Å². The first-order valence-electron chi connectivity index (χ1n) is 7.90. The number of para-hydroxylation sites is 1. The molecule has 1 N–H and O–H groups in total. The van der Waals surface area contributed by atoms with Gasteiger partial charge in [0.25, 0.3) is 5.56 Å². The Morgan fingerprint density at radius 2 is 2.04 bits per heavy atom. The van der Waals surface area contributed by atoms with Crippen molar-refractivity contribution in [1.29, 1.82) is 0 Å². The zero-order chi connectivity index (χ0) is 17.7. The average Bonchev–Trinajstić information content (AvgIpc) is 3.30. The molecular formula is C19H11BrN4O2. The summed E-state index contributed by atoms with van der Waals surface area (Å²) in [5.41, 5.74) is 2.76. The van der Waals surface area contributed by atoms with Crippen molar-refractivity contribution >= 4 is 38.0 Å². The van der Waals surface area contributed by atoms with E-state index in [1.807, 2.05) is 53.2 Å². The number of H-pyrrole nitrogens is 1. The fourth-order valence-electron chi connectivity index (χ4n) is 3.05. The van der Waals surface area contributed by atoms with Crippen LogP contribution in [0.25, 0.3) is 39.1 Å². The minimum Gasteiger partial charge on any atom is -0.449 e. The van der Waals surface area contributed by atoms with E-state index in [1.54, 1.807) is 12.5 Å². The van der Waals surface area contributed by atoms with Crippen LogP contribution in [0.3, 0.4) is 0 Å². The van der Waals surface area contributed by atoms with Crippen LogP contribution in [-0.2, 0) is 0 Å². The second kappa shape index (κ2) is 5.67. The molecule has 0 bridgehead atoms. The molecule has 3 heterocycles. The number of aromatic nitrogens is 4. The maximum atomic E-state index is 12.6. The monoisotopic (exact) mass is 406 g/mol. The molecule has 0 aliphatic carbocycles. The molecule has 0 amide bonds. The van der Waals surface area contributed by atoms with Crippen LogP contribution in [0.4, 0.5) is 0 Å². The van der Waals surface area contributed by atoms with Crippen LogP contribution in [0.1, 0.15) is 0 Å². The molecule has 2 aromatic carbocycles. The van der Waals surface area contributed by atoms with Gasteiger partial charge < -0.3 is 14.0 Å². The van der Waals surface area contributed by atoms with E-state index in [9.17, 15) is 4.79 Å². The molecule has 0 fully saturated rings. The number of fused-ring (bicyclic) bond motifs is 3. The minimum absolute atomic E-state index is 0.224. The molecule has 6 nitrogen and oxygen atoms in total. The molecule has 26 heavy (non-hydrogen) atoms. The number of imidazole rings is 1. The number of hydrogen-bond acceptors (Lipinski definition) is 4. The molecular weight excluding hydrogens is 396 g/mol. The first-order valence-corrected chi connectivity index (χ1v) is 8.70. The number of furan rings is 1. The summed E-state index contributed by atoms with van der Waals surface area (Å²) in [6.45, 7) is 0. The Kier molecular flexibility index (Phi) is 3.29. The standard InChI is InChI=1S/C19H11BrN4O2/c20-11-5-6-15-13(9-11)16-17(26-15)19(25)23-18(22-16)12-3-1-2-4-14(12)24-8-7-21-10-24/h1-10H,(H,22,23,25). The lowest BCUT2D eigenvalue weighted by molar-refractivity contribution is 0.661. The van der Waals surface area contributed by atoms with Crippen LogP contribution >= 0.6 is 15.9 Å². The van der Waals surface area contributed by atoms with Gasteiger partial charge in [-0.3, -0.25) is 4.79 Å². The number of halogens is 1. The summed E-state index contributed by atoms with van der Waals surface area (Å²) in [5, 5.41) is 0.793. The first kappa shape index (κ1) is 15.1. The van der Waals surface area contributed by atoms with Crippen LogP contribution in [0.15, 0.2) is 74.9 Å². The second-order valence-corrected chi connectivity index (χ2v) is 6.74. The molecule has 0 radical (unpaired) electrons. The first-order chi connectivity index (χ1) is 12.7. The van der Waals surface area contributed by atoms with Gasteiger partial charge in [0, 0.05) is 27.8 Å². The molecule has 7 heteroatoms. The molecule has 0 atom stereocenters. The third kappa shape index (κ3) is 2.28.